The van der Waals surface area contributed by atoms with Gasteiger partial charge in [-0.05, 0) is 45.5 Å². The molecule has 5 aromatic rings. The average molecular weight is 446 g/mol. The first kappa shape index (κ1) is 21.4. The Morgan fingerprint density at radius 1 is 0.697 bits per heavy atom. The van der Waals surface area contributed by atoms with E-state index in [1.165, 1.54) is 5.56 Å². The topological polar surface area (TPSA) is 23.1 Å². The van der Waals surface area contributed by atoms with Crippen LogP contribution in [0.2, 0.25) is 0 Å². The van der Waals surface area contributed by atoms with Crippen LogP contribution in [0.5, 0.6) is 5.75 Å². The second kappa shape index (κ2) is 9.56. The van der Waals surface area contributed by atoms with Gasteiger partial charge in [0.05, 0.1) is 5.25 Å². The van der Waals surface area contributed by atoms with Gasteiger partial charge in [0.2, 0.25) is 0 Å². The van der Waals surface area contributed by atoms with E-state index in [0.29, 0.717) is 0 Å². The molecule has 0 radical (unpaired) electrons. The Labute approximate surface area is 199 Å². The second-order valence-electron chi connectivity index (χ2n) is 8.34. The Morgan fingerprint density at radius 3 is 2.15 bits per heavy atom. The van der Waals surface area contributed by atoms with Crippen LogP contribution in [0.3, 0.4) is 0 Å². The standard InChI is InChI=1S/C31H26OS/c1-22-19-28(27-18-10-16-24-13-8-9-17-26(24)27)30(32)29(20-22)31(25-14-6-3-7-15-25)33-21-23-11-4-2-5-12-23/h2-20,31-32H,21H2,1H3/p-1. The first-order valence-electron chi connectivity index (χ1n) is 11.2. The summed E-state index contributed by atoms with van der Waals surface area (Å²) in [6, 6.07) is 39.4. The molecule has 0 aliphatic rings. The maximum absolute atomic E-state index is 14.0. The van der Waals surface area contributed by atoms with Gasteiger partial charge in [0.1, 0.15) is 0 Å². The molecule has 162 valence electrons. The van der Waals surface area contributed by atoms with Crippen molar-refractivity contribution in [2.75, 3.05) is 0 Å². The molecule has 5 rings (SSSR count). The fourth-order valence-electron chi connectivity index (χ4n) is 4.40. The van der Waals surface area contributed by atoms with Crippen molar-refractivity contribution >= 4 is 22.5 Å². The summed E-state index contributed by atoms with van der Waals surface area (Å²) in [4.78, 5) is 0. The van der Waals surface area contributed by atoms with E-state index in [9.17, 15) is 5.11 Å². The average Bonchev–Trinajstić information content (AvgIpc) is 2.87. The van der Waals surface area contributed by atoms with Gasteiger partial charge in [-0.15, -0.1) is 11.8 Å². The maximum atomic E-state index is 14.0. The Bertz CT molecular complexity index is 1370. The van der Waals surface area contributed by atoms with Crippen LogP contribution < -0.4 is 5.11 Å². The van der Waals surface area contributed by atoms with Crippen LogP contribution in [0.4, 0.5) is 0 Å². The minimum Gasteiger partial charge on any atom is -0.872 e. The van der Waals surface area contributed by atoms with Crippen molar-refractivity contribution in [3.05, 3.63) is 138 Å². The molecule has 0 fully saturated rings. The second-order valence-corrected chi connectivity index (χ2v) is 9.44. The molecule has 0 saturated carbocycles. The minimum atomic E-state index is -0.0347. The summed E-state index contributed by atoms with van der Waals surface area (Å²) in [5.41, 5.74) is 6.16. The molecule has 2 heteroatoms. The van der Waals surface area contributed by atoms with E-state index >= 15 is 0 Å². The van der Waals surface area contributed by atoms with Gasteiger partial charge in [-0.25, -0.2) is 0 Å². The molecule has 0 heterocycles. The number of benzene rings is 5. The van der Waals surface area contributed by atoms with Gasteiger partial charge in [0.15, 0.2) is 0 Å². The highest BCUT2D eigenvalue weighted by Gasteiger charge is 2.18. The highest BCUT2D eigenvalue weighted by atomic mass is 32.2. The summed E-state index contributed by atoms with van der Waals surface area (Å²) in [7, 11) is 0. The molecular weight excluding hydrogens is 420 g/mol. The van der Waals surface area contributed by atoms with Gasteiger partial charge >= 0.3 is 0 Å². The van der Waals surface area contributed by atoms with E-state index in [0.717, 1.165) is 44.3 Å². The Kier molecular flexibility index (Phi) is 6.19. The summed E-state index contributed by atoms with van der Waals surface area (Å²) in [5.74, 6) is 0.962. The molecule has 0 spiro atoms. The Hall–Kier alpha value is -3.49. The molecule has 33 heavy (non-hydrogen) atoms. The molecule has 0 aliphatic heterocycles. The number of hydrogen-bond acceptors (Lipinski definition) is 2. The monoisotopic (exact) mass is 445 g/mol. The number of rotatable bonds is 6. The molecular formula is C31H25OS-. The molecule has 0 N–H and O–H groups in total. The van der Waals surface area contributed by atoms with E-state index in [-0.39, 0.29) is 11.0 Å². The largest absolute Gasteiger partial charge is 0.872 e. The summed E-state index contributed by atoms with van der Waals surface area (Å²) < 4.78 is 0. The smallest absolute Gasteiger partial charge is 0.0544 e. The van der Waals surface area contributed by atoms with Crippen molar-refractivity contribution in [2.24, 2.45) is 0 Å². The lowest BCUT2D eigenvalue weighted by Gasteiger charge is -2.27. The fraction of sp³-hybridized carbons (Fsp3) is 0.0968. The normalized spacial score (nSPS) is 12.0. The van der Waals surface area contributed by atoms with Crippen molar-refractivity contribution in [1.82, 2.24) is 0 Å². The summed E-state index contributed by atoms with van der Waals surface area (Å²) in [6.45, 7) is 2.08. The third-order valence-corrected chi connectivity index (χ3v) is 7.35. The quantitative estimate of drug-likeness (QED) is 0.265. The van der Waals surface area contributed by atoms with Crippen molar-refractivity contribution in [2.45, 2.75) is 17.9 Å². The van der Waals surface area contributed by atoms with Crippen LogP contribution in [0.25, 0.3) is 21.9 Å². The molecule has 0 aliphatic carbocycles. The summed E-state index contributed by atoms with van der Waals surface area (Å²) in [6.07, 6.45) is 0. The van der Waals surface area contributed by atoms with Crippen LogP contribution in [-0.4, -0.2) is 0 Å². The van der Waals surface area contributed by atoms with Crippen molar-refractivity contribution in [3.63, 3.8) is 0 Å². The highest BCUT2D eigenvalue weighted by Crippen LogP contribution is 2.45. The van der Waals surface area contributed by atoms with E-state index in [4.69, 9.17) is 0 Å². The third kappa shape index (κ3) is 4.53. The molecule has 1 atom stereocenters. The van der Waals surface area contributed by atoms with Crippen LogP contribution in [0.15, 0.2) is 115 Å². The third-order valence-electron chi connectivity index (χ3n) is 5.99. The predicted octanol–water partition coefficient (Wildman–Crippen LogP) is 7.91. The lowest BCUT2D eigenvalue weighted by molar-refractivity contribution is -0.268. The lowest BCUT2D eigenvalue weighted by atomic mass is 9.92. The van der Waals surface area contributed by atoms with Crippen molar-refractivity contribution in [3.8, 4) is 16.9 Å². The maximum Gasteiger partial charge on any atom is 0.0544 e. The van der Waals surface area contributed by atoms with Gasteiger partial charge in [-0.3, -0.25) is 0 Å². The molecule has 0 aromatic heterocycles. The molecule has 0 bridgehead atoms. The van der Waals surface area contributed by atoms with Gasteiger partial charge in [0.25, 0.3) is 0 Å². The van der Waals surface area contributed by atoms with Crippen molar-refractivity contribution in [1.29, 1.82) is 0 Å². The predicted molar refractivity (Wildman–Crippen MR) is 140 cm³/mol. The molecule has 0 saturated heterocycles. The van der Waals surface area contributed by atoms with E-state index in [1.807, 2.05) is 48.2 Å². The van der Waals surface area contributed by atoms with E-state index in [2.05, 4.69) is 85.8 Å². The highest BCUT2D eigenvalue weighted by molar-refractivity contribution is 7.99. The van der Waals surface area contributed by atoms with E-state index < -0.39 is 0 Å². The number of hydrogen-bond donors (Lipinski definition) is 0. The van der Waals surface area contributed by atoms with Gasteiger partial charge in [0, 0.05) is 5.75 Å². The molecule has 1 unspecified atom stereocenters. The zero-order valence-corrected chi connectivity index (χ0v) is 19.4. The number of aryl methyl sites for hydroxylation is 1. The van der Waals surface area contributed by atoms with E-state index in [1.54, 1.807) is 0 Å². The zero-order chi connectivity index (χ0) is 22.6. The minimum absolute atomic E-state index is 0.0347. The summed E-state index contributed by atoms with van der Waals surface area (Å²) in [5, 5.41) is 16.2. The van der Waals surface area contributed by atoms with Crippen LogP contribution >= 0.6 is 11.8 Å². The zero-order valence-electron chi connectivity index (χ0n) is 18.6. The molecule has 5 aromatic carbocycles. The first-order valence-corrected chi connectivity index (χ1v) is 12.3. The first-order chi connectivity index (χ1) is 16.2. The Morgan fingerprint density at radius 2 is 1.36 bits per heavy atom. The lowest BCUT2D eigenvalue weighted by Crippen LogP contribution is -2.06. The molecule has 0 amide bonds. The number of fused-ring (bicyclic) bond motifs is 1. The van der Waals surface area contributed by atoms with Crippen molar-refractivity contribution < 1.29 is 5.11 Å². The number of thioether (sulfide) groups is 1. The Balaban J connectivity index is 1.63. The van der Waals surface area contributed by atoms with Gasteiger partial charge < -0.3 is 5.11 Å². The molecule has 1 nitrogen and oxygen atoms in total. The van der Waals surface area contributed by atoms with Crippen LogP contribution in [-0.2, 0) is 5.75 Å². The van der Waals surface area contributed by atoms with Crippen LogP contribution in [0, 0.1) is 6.92 Å². The SMILES string of the molecule is Cc1cc(-c2cccc3ccccc23)c([O-])c(C(SCc2ccccc2)c2ccccc2)c1. The van der Waals surface area contributed by atoms with Gasteiger partial charge in [-0.2, -0.15) is 0 Å². The van der Waals surface area contributed by atoms with Gasteiger partial charge in [-0.1, -0.05) is 127 Å². The van der Waals surface area contributed by atoms with Crippen LogP contribution in [0.1, 0.15) is 27.5 Å². The fourth-order valence-corrected chi connectivity index (χ4v) is 5.66. The summed E-state index contributed by atoms with van der Waals surface area (Å²) >= 11 is 1.81.